The first-order valence-corrected chi connectivity index (χ1v) is 5.87. The summed E-state index contributed by atoms with van der Waals surface area (Å²) in [5.74, 6) is -0.193. The minimum absolute atomic E-state index is 0.0689. The number of aryl methyl sites for hydroxylation is 1. The summed E-state index contributed by atoms with van der Waals surface area (Å²) in [6, 6.07) is 6.92. The summed E-state index contributed by atoms with van der Waals surface area (Å²) in [5, 5.41) is 18.7. The summed E-state index contributed by atoms with van der Waals surface area (Å²) in [6.45, 7) is 1.81. The molecule has 1 atom stereocenters. The zero-order chi connectivity index (χ0) is 13.2. The van der Waals surface area contributed by atoms with E-state index in [1.165, 1.54) is 0 Å². The molecule has 0 bridgehead atoms. The van der Waals surface area contributed by atoms with Gasteiger partial charge < -0.3 is 14.9 Å². The van der Waals surface area contributed by atoms with E-state index in [4.69, 9.17) is 4.74 Å². The predicted molar refractivity (Wildman–Crippen MR) is 66.3 cm³/mol. The largest absolute Gasteiger partial charge is 0.512 e. The lowest BCUT2D eigenvalue weighted by Crippen LogP contribution is -2.35. The second-order valence-corrected chi connectivity index (χ2v) is 4.85. The van der Waals surface area contributed by atoms with Crippen LogP contribution in [0.15, 0.2) is 36.1 Å². The van der Waals surface area contributed by atoms with Gasteiger partial charge in [-0.1, -0.05) is 12.1 Å². The number of rotatable bonds is 3. The molecule has 0 radical (unpaired) electrons. The molecule has 2 N–H and O–H groups in total. The number of phenolic OH excluding ortho intramolecular Hbond substituents is 1. The quantitative estimate of drug-likeness (QED) is 0.806. The van der Waals surface area contributed by atoms with Crippen LogP contribution >= 0.6 is 0 Å². The van der Waals surface area contributed by atoms with E-state index in [-0.39, 0.29) is 11.5 Å². The molecule has 1 aromatic rings. The number of esters is 1. The van der Waals surface area contributed by atoms with Crippen LogP contribution in [0.5, 0.6) is 5.75 Å². The van der Waals surface area contributed by atoms with Gasteiger partial charge in [0, 0.05) is 6.42 Å². The van der Waals surface area contributed by atoms with Gasteiger partial charge >= 0.3 is 5.97 Å². The van der Waals surface area contributed by atoms with Crippen molar-refractivity contribution in [2.24, 2.45) is 0 Å². The second kappa shape index (κ2) is 4.72. The minimum atomic E-state index is -0.659. The van der Waals surface area contributed by atoms with Gasteiger partial charge in [0.1, 0.15) is 17.1 Å². The van der Waals surface area contributed by atoms with Crippen LogP contribution in [0.1, 0.15) is 25.3 Å². The molecule has 0 spiro atoms. The Morgan fingerprint density at radius 1 is 1.28 bits per heavy atom. The molecule has 1 aromatic carbocycles. The maximum atomic E-state index is 11.3. The van der Waals surface area contributed by atoms with Crippen LogP contribution in [-0.4, -0.2) is 21.8 Å². The fourth-order valence-corrected chi connectivity index (χ4v) is 2.09. The van der Waals surface area contributed by atoms with Gasteiger partial charge in [0.05, 0.1) is 6.08 Å². The summed E-state index contributed by atoms with van der Waals surface area (Å²) in [6.07, 6.45) is 2.80. The average Bonchev–Trinajstić information content (AvgIpc) is 2.26. The Labute approximate surface area is 106 Å². The Morgan fingerprint density at radius 3 is 2.56 bits per heavy atom. The number of aliphatic hydroxyl groups is 1. The molecular weight excluding hydrogens is 232 g/mol. The molecule has 1 heterocycles. The smallest absolute Gasteiger partial charge is 0.334 e. The van der Waals surface area contributed by atoms with Crippen molar-refractivity contribution in [2.45, 2.75) is 31.8 Å². The SMILES string of the molecule is C[C@@]1(CCc2ccc(O)cc2)CC(O)=CC(=O)O1. The van der Waals surface area contributed by atoms with Crippen molar-refractivity contribution in [1.82, 2.24) is 0 Å². The van der Waals surface area contributed by atoms with Crippen molar-refractivity contribution in [1.29, 1.82) is 0 Å². The first-order valence-electron chi connectivity index (χ1n) is 5.87. The lowest BCUT2D eigenvalue weighted by molar-refractivity contribution is -0.155. The van der Waals surface area contributed by atoms with Gasteiger partial charge in [-0.2, -0.15) is 0 Å². The maximum absolute atomic E-state index is 11.3. The lowest BCUT2D eigenvalue weighted by atomic mass is 9.91. The molecule has 1 aliphatic rings. The Morgan fingerprint density at radius 2 is 1.94 bits per heavy atom. The summed E-state index contributed by atoms with van der Waals surface area (Å²) in [4.78, 5) is 11.3. The van der Waals surface area contributed by atoms with E-state index in [2.05, 4.69) is 0 Å². The number of carbonyl (C=O) groups is 1. The Balaban J connectivity index is 1.99. The molecule has 0 fully saturated rings. The molecule has 0 saturated carbocycles. The molecule has 4 heteroatoms. The average molecular weight is 248 g/mol. The fourth-order valence-electron chi connectivity index (χ4n) is 2.09. The zero-order valence-electron chi connectivity index (χ0n) is 10.2. The Hall–Kier alpha value is -1.97. The molecule has 2 rings (SSSR count). The van der Waals surface area contributed by atoms with Gasteiger partial charge in [-0.05, 0) is 37.5 Å². The highest BCUT2D eigenvalue weighted by Crippen LogP contribution is 2.29. The number of ether oxygens (including phenoxy) is 1. The van der Waals surface area contributed by atoms with E-state index in [0.717, 1.165) is 18.1 Å². The molecule has 0 aliphatic carbocycles. The standard InChI is InChI=1S/C14H16O4/c1-14(9-12(16)8-13(17)18-14)7-6-10-2-4-11(15)5-3-10/h2-5,8,15-16H,6-7,9H2,1H3/t14-/m1/s1. The third-order valence-electron chi connectivity index (χ3n) is 3.07. The second-order valence-electron chi connectivity index (χ2n) is 4.85. The summed E-state index contributed by atoms with van der Waals surface area (Å²) in [7, 11) is 0. The molecule has 4 nitrogen and oxygen atoms in total. The van der Waals surface area contributed by atoms with E-state index >= 15 is 0 Å². The number of aliphatic hydroxyl groups excluding tert-OH is 1. The summed E-state index contributed by atoms with van der Waals surface area (Å²) in [5.41, 5.74) is 0.396. The van der Waals surface area contributed by atoms with Crippen LogP contribution in [0.2, 0.25) is 0 Å². The Kier molecular flexibility index (Phi) is 3.28. The van der Waals surface area contributed by atoms with E-state index < -0.39 is 11.6 Å². The minimum Gasteiger partial charge on any atom is -0.512 e. The maximum Gasteiger partial charge on any atom is 0.334 e. The number of hydrogen-bond donors (Lipinski definition) is 2. The van der Waals surface area contributed by atoms with Crippen LogP contribution in [0.4, 0.5) is 0 Å². The van der Waals surface area contributed by atoms with Gasteiger partial charge in [-0.15, -0.1) is 0 Å². The van der Waals surface area contributed by atoms with Gasteiger partial charge in [0.25, 0.3) is 0 Å². The topological polar surface area (TPSA) is 66.8 Å². The van der Waals surface area contributed by atoms with Crippen molar-refractivity contribution in [3.05, 3.63) is 41.7 Å². The number of hydrogen-bond acceptors (Lipinski definition) is 4. The van der Waals surface area contributed by atoms with Crippen LogP contribution in [-0.2, 0) is 16.0 Å². The molecule has 0 aromatic heterocycles. The van der Waals surface area contributed by atoms with Gasteiger partial charge in [-0.25, -0.2) is 4.79 Å². The number of aromatic hydroxyl groups is 1. The third kappa shape index (κ3) is 3.03. The number of phenols is 1. The van der Waals surface area contributed by atoms with Crippen LogP contribution in [0, 0.1) is 0 Å². The molecule has 0 amide bonds. The van der Waals surface area contributed by atoms with Gasteiger partial charge in [0.2, 0.25) is 0 Å². The number of carbonyl (C=O) groups excluding carboxylic acids is 1. The molecular formula is C14H16O4. The molecule has 0 unspecified atom stereocenters. The zero-order valence-corrected chi connectivity index (χ0v) is 10.2. The molecule has 1 aliphatic heterocycles. The van der Waals surface area contributed by atoms with Crippen LogP contribution in [0.25, 0.3) is 0 Å². The molecule has 0 saturated heterocycles. The van der Waals surface area contributed by atoms with Crippen molar-refractivity contribution in [2.75, 3.05) is 0 Å². The van der Waals surface area contributed by atoms with Crippen molar-refractivity contribution < 1.29 is 19.7 Å². The molecule has 96 valence electrons. The molecule has 18 heavy (non-hydrogen) atoms. The van der Waals surface area contributed by atoms with Gasteiger partial charge in [-0.3, -0.25) is 0 Å². The highest BCUT2D eigenvalue weighted by atomic mass is 16.6. The lowest BCUT2D eigenvalue weighted by Gasteiger charge is -2.31. The van der Waals surface area contributed by atoms with Crippen molar-refractivity contribution >= 4 is 5.97 Å². The third-order valence-corrected chi connectivity index (χ3v) is 3.07. The van der Waals surface area contributed by atoms with E-state index in [1.807, 2.05) is 19.1 Å². The number of cyclic esters (lactones) is 1. The van der Waals surface area contributed by atoms with Crippen LogP contribution < -0.4 is 0 Å². The summed E-state index contributed by atoms with van der Waals surface area (Å²) >= 11 is 0. The normalized spacial score (nSPS) is 23.4. The van der Waals surface area contributed by atoms with Gasteiger partial charge in [0.15, 0.2) is 0 Å². The predicted octanol–water partition coefficient (Wildman–Crippen LogP) is 2.47. The highest BCUT2D eigenvalue weighted by Gasteiger charge is 2.33. The fraction of sp³-hybridized carbons (Fsp3) is 0.357. The Bertz CT molecular complexity index is 475. The van der Waals surface area contributed by atoms with E-state index in [0.29, 0.717) is 12.8 Å². The highest BCUT2D eigenvalue weighted by molar-refractivity contribution is 5.83. The summed E-state index contributed by atoms with van der Waals surface area (Å²) < 4.78 is 5.26. The van der Waals surface area contributed by atoms with E-state index in [9.17, 15) is 15.0 Å². The van der Waals surface area contributed by atoms with E-state index in [1.54, 1.807) is 12.1 Å². The first-order chi connectivity index (χ1) is 8.47. The van der Waals surface area contributed by atoms with Crippen LogP contribution in [0.3, 0.4) is 0 Å². The monoisotopic (exact) mass is 248 g/mol. The van der Waals surface area contributed by atoms with Crippen molar-refractivity contribution in [3.8, 4) is 5.75 Å². The van der Waals surface area contributed by atoms with Crippen molar-refractivity contribution in [3.63, 3.8) is 0 Å². The number of benzene rings is 1. The first kappa shape index (κ1) is 12.5.